The summed E-state index contributed by atoms with van der Waals surface area (Å²) in [5, 5.41) is 17.9. The third kappa shape index (κ3) is 10.2. The maximum atomic E-state index is 13.7. The number of hydrogen-bond donors (Lipinski definition) is 4. The van der Waals surface area contributed by atoms with Gasteiger partial charge in [0.1, 0.15) is 17.6 Å². The maximum Gasteiger partial charge on any atom is 0.411 e. The fourth-order valence-corrected chi connectivity index (χ4v) is 9.35. The summed E-state index contributed by atoms with van der Waals surface area (Å²) in [6.07, 6.45) is 1.57. The van der Waals surface area contributed by atoms with Crippen LogP contribution in [0.3, 0.4) is 0 Å². The number of fused-ring (bicyclic) bond motifs is 2. The van der Waals surface area contributed by atoms with Crippen LogP contribution in [0.2, 0.25) is 18.1 Å². The normalized spacial score (nSPS) is 15.4. The Kier molecular flexibility index (Phi) is 13.3. The van der Waals surface area contributed by atoms with E-state index < -0.39 is 14.4 Å². The van der Waals surface area contributed by atoms with Crippen molar-refractivity contribution in [2.45, 2.75) is 83.3 Å². The first-order valence-corrected chi connectivity index (χ1v) is 24.2. The molecule has 2 aliphatic rings. The molecule has 2 amide bonds. The fourth-order valence-electron chi connectivity index (χ4n) is 8.07. The van der Waals surface area contributed by atoms with Gasteiger partial charge in [-0.2, -0.15) is 0 Å². The lowest BCUT2D eigenvalue weighted by atomic mass is 10.0. The summed E-state index contributed by atoms with van der Waals surface area (Å²) in [5.41, 5.74) is 6.65. The van der Waals surface area contributed by atoms with Gasteiger partial charge < -0.3 is 39.1 Å². The molecule has 4 N–H and O–H groups in total. The molecule has 61 heavy (non-hydrogen) atoms. The van der Waals surface area contributed by atoms with E-state index in [1.807, 2.05) is 71.6 Å². The number of para-hydroxylation sites is 1. The summed E-state index contributed by atoms with van der Waals surface area (Å²) in [7, 11) is -0.600. The predicted octanol–water partition coefficient (Wildman–Crippen LogP) is 8.75. The zero-order chi connectivity index (χ0) is 43.3. The molecule has 0 saturated carbocycles. The number of methoxy groups -OCH3 is 1. The molecule has 0 spiro atoms. The largest absolute Gasteiger partial charge is 0.506 e. The number of ether oxygens (including phenoxy) is 2. The third-order valence-electron chi connectivity index (χ3n) is 12.5. The van der Waals surface area contributed by atoms with Gasteiger partial charge in [0.15, 0.2) is 8.32 Å². The van der Waals surface area contributed by atoms with Gasteiger partial charge in [-0.1, -0.05) is 75.4 Å². The number of aromatic nitrogens is 1. The molecule has 5 aromatic rings. The third-order valence-corrected chi connectivity index (χ3v) is 17.0. The Morgan fingerprint density at radius 3 is 2.43 bits per heavy atom. The lowest BCUT2D eigenvalue weighted by Gasteiger charge is -2.39. The van der Waals surface area contributed by atoms with Crippen molar-refractivity contribution in [3.63, 3.8) is 0 Å². The van der Waals surface area contributed by atoms with Gasteiger partial charge in [-0.15, -0.1) is 0 Å². The standard InChI is InChI=1S/C48H59N5O7Si/c1-48(2,3)61(5,6)60-43(37-16-18-41(54)46-38(37)17-19-44(55)51-46)31-49-30-34-28-33-20-27-53(40(33)29-42(34)58-4)45(56)23-26-52-24-21-35(22-25-52)59-47(57)50-39-15-11-10-14-36(39)32-12-8-7-9-13-32/h7-19,28-29,35,43,49,54H,20-27,30-31H2,1-6H3,(H,50,57)(H,51,55)/t43-/m0/s1. The van der Waals surface area contributed by atoms with Gasteiger partial charge in [0.05, 0.1) is 30.1 Å². The highest BCUT2D eigenvalue weighted by Crippen LogP contribution is 2.41. The molecule has 13 heteroatoms. The first kappa shape index (κ1) is 43.6. The summed E-state index contributed by atoms with van der Waals surface area (Å²) in [6, 6.07) is 28.5. The Labute approximate surface area is 359 Å². The average molecular weight is 846 g/mol. The van der Waals surface area contributed by atoms with E-state index in [1.54, 1.807) is 19.2 Å². The number of phenols is 1. The number of nitrogens with one attached hydrogen (secondary N) is 3. The topological polar surface area (TPSA) is 145 Å². The predicted molar refractivity (Wildman–Crippen MR) is 244 cm³/mol. The minimum absolute atomic E-state index is 0.0151. The molecule has 0 radical (unpaired) electrons. The van der Waals surface area contributed by atoms with Crippen LogP contribution in [0.1, 0.15) is 62.8 Å². The number of rotatable bonds is 14. The molecule has 1 atom stereocenters. The van der Waals surface area contributed by atoms with Crippen LogP contribution in [-0.4, -0.2) is 81.2 Å². The van der Waals surface area contributed by atoms with Crippen molar-refractivity contribution in [3.8, 4) is 22.6 Å². The molecule has 0 unspecified atom stereocenters. The lowest BCUT2D eigenvalue weighted by Crippen LogP contribution is -2.43. The summed E-state index contributed by atoms with van der Waals surface area (Å²) in [5.74, 6) is 0.797. The smallest absolute Gasteiger partial charge is 0.411 e. The number of phenolic OH excluding ortho intramolecular Hbond substituents is 1. The Bertz CT molecular complexity index is 2410. The van der Waals surface area contributed by atoms with Crippen LogP contribution < -0.4 is 25.8 Å². The molecule has 0 aliphatic carbocycles. The number of carbonyl (C=O) groups is 2. The van der Waals surface area contributed by atoms with Crippen LogP contribution in [0.15, 0.2) is 95.8 Å². The quantitative estimate of drug-likeness (QED) is 0.0807. The molecular formula is C48H59N5O7Si. The van der Waals surface area contributed by atoms with E-state index in [9.17, 15) is 19.5 Å². The molecule has 1 fully saturated rings. The van der Waals surface area contributed by atoms with E-state index in [0.29, 0.717) is 62.4 Å². The van der Waals surface area contributed by atoms with Crippen molar-refractivity contribution in [2.24, 2.45) is 0 Å². The van der Waals surface area contributed by atoms with Crippen LogP contribution in [0.25, 0.3) is 22.0 Å². The van der Waals surface area contributed by atoms with Gasteiger partial charge in [-0.25, -0.2) is 4.79 Å². The van der Waals surface area contributed by atoms with Crippen LogP contribution in [-0.2, 0) is 26.9 Å². The minimum atomic E-state index is -2.25. The van der Waals surface area contributed by atoms with Gasteiger partial charge in [0.2, 0.25) is 11.5 Å². The van der Waals surface area contributed by atoms with E-state index >= 15 is 0 Å². The number of piperidine rings is 1. The molecule has 12 nitrogen and oxygen atoms in total. The van der Waals surface area contributed by atoms with E-state index in [0.717, 1.165) is 58.4 Å². The Morgan fingerprint density at radius 2 is 1.69 bits per heavy atom. The van der Waals surface area contributed by atoms with Crippen LogP contribution in [0, 0.1) is 0 Å². The highest BCUT2D eigenvalue weighted by atomic mass is 28.4. The molecule has 1 aromatic heterocycles. The molecular weight excluding hydrogens is 787 g/mol. The number of amides is 2. The average Bonchev–Trinajstić information content (AvgIpc) is 3.66. The van der Waals surface area contributed by atoms with Crippen LogP contribution >= 0.6 is 0 Å². The van der Waals surface area contributed by atoms with E-state index in [2.05, 4.69) is 60.4 Å². The molecule has 1 saturated heterocycles. The molecule has 7 rings (SSSR count). The van der Waals surface area contributed by atoms with E-state index in [4.69, 9.17) is 13.9 Å². The van der Waals surface area contributed by atoms with E-state index in [1.165, 1.54) is 6.07 Å². The van der Waals surface area contributed by atoms with Crippen molar-refractivity contribution in [2.75, 3.05) is 50.1 Å². The highest BCUT2D eigenvalue weighted by molar-refractivity contribution is 6.74. The second-order valence-corrected chi connectivity index (χ2v) is 22.4. The number of carbonyl (C=O) groups excluding carboxylic acids is 2. The molecule has 3 heterocycles. The van der Waals surface area contributed by atoms with Crippen molar-refractivity contribution < 1.29 is 28.6 Å². The monoisotopic (exact) mass is 845 g/mol. The first-order valence-electron chi connectivity index (χ1n) is 21.3. The Balaban J connectivity index is 0.931. The second-order valence-electron chi connectivity index (χ2n) is 17.6. The summed E-state index contributed by atoms with van der Waals surface area (Å²) in [6.45, 7) is 14.8. The number of pyridine rings is 1. The number of anilines is 2. The number of aromatic amines is 1. The van der Waals surface area contributed by atoms with Gasteiger partial charge >= 0.3 is 6.09 Å². The molecule has 0 bridgehead atoms. The van der Waals surface area contributed by atoms with Gasteiger partial charge in [0.25, 0.3) is 0 Å². The number of hydrogen-bond acceptors (Lipinski definition) is 9. The van der Waals surface area contributed by atoms with Crippen molar-refractivity contribution in [1.29, 1.82) is 0 Å². The van der Waals surface area contributed by atoms with Gasteiger partial charge in [-0.3, -0.25) is 14.9 Å². The molecule has 2 aliphatic heterocycles. The number of aromatic hydroxyl groups is 1. The Morgan fingerprint density at radius 1 is 0.951 bits per heavy atom. The Hall–Kier alpha value is -5.47. The number of benzene rings is 4. The molecule has 322 valence electrons. The summed E-state index contributed by atoms with van der Waals surface area (Å²) >= 11 is 0. The zero-order valence-electron chi connectivity index (χ0n) is 36.2. The van der Waals surface area contributed by atoms with Crippen molar-refractivity contribution in [3.05, 3.63) is 118 Å². The number of likely N-dealkylation sites (tertiary alicyclic amines) is 1. The SMILES string of the molecule is COc1cc2c(cc1CNC[C@H](O[Si](C)(C)C(C)(C)C)c1ccc(O)c3[nH]c(=O)ccc13)CCN2C(=O)CCN1CCC(OC(=O)Nc2ccccc2-c2ccccc2)CC1. The summed E-state index contributed by atoms with van der Waals surface area (Å²) < 4.78 is 18.7. The van der Waals surface area contributed by atoms with Gasteiger partial charge in [0, 0.05) is 74.3 Å². The molecule has 4 aromatic carbocycles. The fraction of sp³-hybridized carbons (Fsp3) is 0.396. The number of nitrogens with zero attached hydrogens (tertiary/aromatic N) is 2. The number of H-pyrrole nitrogens is 1. The second kappa shape index (κ2) is 18.6. The van der Waals surface area contributed by atoms with Crippen LogP contribution in [0.5, 0.6) is 11.5 Å². The summed E-state index contributed by atoms with van der Waals surface area (Å²) in [4.78, 5) is 45.7. The van der Waals surface area contributed by atoms with Crippen molar-refractivity contribution >= 4 is 42.6 Å². The van der Waals surface area contributed by atoms with E-state index in [-0.39, 0.29) is 34.5 Å². The maximum absolute atomic E-state index is 13.7. The highest BCUT2D eigenvalue weighted by Gasteiger charge is 2.40. The lowest BCUT2D eigenvalue weighted by molar-refractivity contribution is -0.118. The van der Waals surface area contributed by atoms with Gasteiger partial charge in [-0.05, 0) is 78.4 Å². The first-order chi connectivity index (χ1) is 29.2. The minimum Gasteiger partial charge on any atom is -0.506 e. The zero-order valence-corrected chi connectivity index (χ0v) is 37.2. The van der Waals surface area contributed by atoms with Crippen molar-refractivity contribution in [1.82, 2.24) is 15.2 Å². The van der Waals surface area contributed by atoms with Crippen LogP contribution in [0.4, 0.5) is 16.2 Å².